The number of carbonyl (C=O) groups excluding carboxylic acids is 2. The molecule has 1 unspecified atom stereocenters. The van der Waals surface area contributed by atoms with Crippen LogP contribution in [0.2, 0.25) is 0 Å². The number of benzene rings is 2. The minimum absolute atomic E-state index is 0.334. The molecule has 22 heavy (non-hydrogen) atoms. The summed E-state index contributed by atoms with van der Waals surface area (Å²) in [5.41, 5.74) is 1.55. The van der Waals surface area contributed by atoms with Crippen LogP contribution in [0.5, 0.6) is 0 Å². The van der Waals surface area contributed by atoms with E-state index in [9.17, 15) is 14.7 Å². The highest BCUT2D eigenvalue weighted by atomic mass is 16.4. The smallest absolute Gasteiger partial charge is 0.249 e. The SMILES string of the molecule is CN(Cc1ccccc1)C(=O)C(NC(=O)[O-])c1ccccc1. The number of hydrogen-bond acceptors (Lipinski definition) is 3. The maximum atomic E-state index is 12.6. The lowest BCUT2D eigenvalue weighted by atomic mass is 10.1. The van der Waals surface area contributed by atoms with Gasteiger partial charge in [-0.15, -0.1) is 0 Å². The summed E-state index contributed by atoms with van der Waals surface area (Å²) in [6, 6.07) is 17.2. The van der Waals surface area contributed by atoms with E-state index >= 15 is 0 Å². The first-order chi connectivity index (χ1) is 10.6. The van der Waals surface area contributed by atoms with Crippen LogP contribution in [-0.4, -0.2) is 23.9 Å². The van der Waals surface area contributed by atoms with Gasteiger partial charge < -0.3 is 20.1 Å². The highest BCUT2D eigenvalue weighted by Crippen LogP contribution is 2.16. The molecule has 2 aromatic carbocycles. The first-order valence-corrected chi connectivity index (χ1v) is 6.89. The summed E-state index contributed by atoms with van der Waals surface area (Å²) in [4.78, 5) is 24.9. The van der Waals surface area contributed by atoms with Crippen molar-refractivity contribution >= 4 is 12.0 Å². The third-order valence-corrected chi connectivity index (χ3v) is 3.28. The number of hydrogen-bond donors (Lipinski definition) is 1. The maximum Gasteiger partial charge on any atom is 0.249 e. The Morgan fingerprint density at radius 1 is 1.05 bits per heavy atom. The van der Waals surface area contributed by atoms with Crippen molar-refractivity contribution in [1.82, 2.24) is 10.2 Å². The van der Waals surface area contributed by atoms with Gasteiger partial charge in [0.1, 0.15) is 12.1 Å². The van der Waals surface area contributed by atoms with Gasteiger partial charge >= 0.3 is 0 Å². The van der Waals surface area contributed by atoms with Crippen molar-refractivity contribution < 1.29 is 14.7 Å². The molecule has 2 aromatic rings. The number of carbonyl (C=O) groups is 2. The molecule has 0 spiro atoms. The number of likely N-dealkylation sites (N-methyl/N-ethyl adjacent to an activating group) is 1. The van der Waals surface area contributed by atoms with E-state index in [1.54, 1.807) is 37.4 Å². The highest BCUT2D eigenvalue weighted by Gasteiger charge is 2.23. The van der Waals surface area contributed by atoms with Gasteiger partial charge in [0.2, 0.25) is 5.91 Å². The molecule has 0 aliphatic rings. The molecule has 0 saturated carbocycles. The highest BCUT2D eigenvalue weighted by molar-refractivity contribution is 5.86. The van der Waals surface area contributed by atoms with E-state index in [1.165, 1.54) is 4.90 Å². The van der Waals surface area contributed by atoms with Crippen molar-refractivity contribution in [1.29, 1.82) is 0 Å². The van der Waals surface area contributed by atoms with Gasteiger partial charge in [-0.1, -0.05) is 60.7 Å². The molecule has 1 atom stereocenters. The molecular weight excluding hydrogens is 280 g/mol. The van der Waals surface area contributed by atoms with E-state index in [4.69, 9.17) is 0 Å². The molecule has 2 amide bonds. The largest absolute Gasteiger partial charge is 0.530 e. The molecule has 0 aliphatic carbocycles. The third-order valence-electron chi connectivity index (χ3n) is 3.28. The fourth-order valence-electron chi connectivity index (χ4n) is 2.21. The number of amides is 2. The molecule has 0 saturated heterocycles. The second-order valence-corrected chi connectivity index (χ2v) is 4.96. The van der Waals surface area contributed by atoms with Gasteiger partial charge in [0, 0.05) is 13.6 Å². The van der Waals surface area contributed by atoms with Gasteiger partial charge in [0.15, 0.2) is 0 Å². The molecule has 1 N–H and O–H groups in total. The Kier molecular flexibility index (Phi) is 5.14. The molecule has 0 fully saturated rings. The van der Waals surface area contributed by atoms with Crippen LogP contribution in [0.25, 0.3) is 0 Å². The predicted octanol–water partition coefficient (Wildman–Crippen LogP) is 1.32. The first kappa shape index (κ1) is 15.6. The molecular formula is C17H17N2O3-. The van der Waals surface area contributed by atoms with Gasteiger partial charge in [-0.2, -0.15) is 0 Å². The Labute approximate surface area is 129 Å². The monoisotopic (exact) mass is 297 g/mol. The van der Waals surface area contributed by atoms with Gasteiger partial charge in [0.05, 0.1) is 0 Å². The van der Waals surface area contributed by atoms with Gasteiger partial charge in [0.25, 0.3) is 0 Å². The van der Waals surface area contributed by atoms with E-state index in [0.717, 1.165) is 5.56 Å². The molecule has 0 aliphatic heterocycles. The Morgan fingerprint density at radius 3 is 2.14 bits per heavy atom. The van der Waals surface area contributed by atoms with Crippen LogP contribution < -0.4 is 10.4 Å². The topological polar surface area (TPSA) is 72.5 Å². The average molecular weight is 297 g/mol. The van der Waals surface area contributed by atoms with Crippen LogP contribution in [0.15, 0.2) is 60.7 Å². The lowest BCUT2D eigenvalue weighted by Gasteiger charge is -2.26. The van der Waals surface area contributed by atoms with Crippen molar-refractivity contribution in [2.45, 2.75) is 12.6 Å². The Balaban J connectivity index is 2.16. The summed E-state index contributed by atoms with van der Waals surface area (Å²) in [5, 5.41) is 13.1. The minimum atomic E-state index is -1.48. The van der Waals surface area contributed by atoms with Crippen LogP contribution >= 0.6 is 0 Å². The zero-order valence-corrected chi connectivity index (χ0v) is 12.2. The summed E-state index contributed by atoms with van der Waals surface area (Å²) in [6.07, 6.45) is -1.48. The quantitative estimate of drug-likeness (QED) is 0.904. The number of nitrogens with one attached hydrogen (secondary N) is 1. The summed E-state index contributed by atoms with van der Waals surface area (Å²) in [5.74, 6) is -0.334. The summed E-state index contributed by atoms with van der Waals surface area (Å²) >= 11 is 0. The van der Waals surface area contributed by atoms with Crippen LogP contribution in [0.1, 0.15) is 17.2 Å². The van der Waals surface area contributed by atoms with E-state index in [1.807, 2.05) is 30.3 Å². The van der Waals surface area contributed by atoms with Gasteiger partial charge in [-0.3, -0.25) is 4.79 Å². The predicted molar refractivity (Wildman–Crippen MR) is 80.6 cm³/mol. The van der Waals surface area contributed by atoms with E-state index in [-0.39, 0.29) is 5.91 Å². The Hall–Kier alpha value is -2.82. The fourth-order valence-corrected chi connectivity index (χ4v) is 2.21. The van der Waals surface area contributed by atoms with Crippen LogP contribution in [0, 0.1) is 0 Å². The zero-order valence-electron chi connectivity index (χ0n) is 12.2. The summed E-state index contributed by atoms with van der Waals surface area (Å²) in [6.45, 7) is 0.401. The van der Waals surface area contributed by atoms with Gasteiger partial charge in [-0.05, 0) is 11.1 Å². The van der Waals surface area contributed by atoms with Crippen LogP contribution in [0.3, 0.4) is 0 Å². The van der Waals surface area contributed by atoms with Crippen molar-refractivity contribution in [3.63, 3.8) is 0 Å². The van der Waals surface area contributed by atoms with Crippen molar-refractivity contribution in [3.05, 3.63) is 71.8 Å². The molecule has 0 heterocycles. The minimum Gasteiger partial charge on any atom is -0.530 e. The van der Waals surface area contributed by atoms with Gasteiger partial charge in [-0.25, -0.2) is 0 Å². The molecule has 5 nitrogen and oxygen atoms in total. The number of rotatable bonds is 5. The lowest BCUT2D eigenvalue weighted by molar-refractivity contribution is -0.251. The molecule has 0 radical (unpaired) electrons. The molecule has 0 bridgehead atoms. The van der Waals surface area contributed by atoms with E-state index < -0.39 is 12.1 Å². The second kappa shape index (κ2) is 7.26. The van der Waals surface area contributed by atoms with Crippen LogP contribution in [-0.2, 0) is 11.3 Å². The zero-order chi connectivity index (χ0) is 15.9. The first-order valence-electron chi connectivity index (χ1n) is 6.89. The van der Waals surface area contributed by atoms with Crippen molar-refractivity contribution in [2.24, 2.45) is 0 Å². The van der Waals surface area contributed by atoms with E-state index in [2.05, 4.69) is 5.32 Å². The molecule has 114 valence electrons. The number of carboxylic acid groups (broad SMARTS) is 1. The Morgan fingerprint density at radius 2 is 1.59 bits per heavy atom. The second-order valence-electron chi connectivity index (χ2n) is 4.96. The van der Waals surface area contributed by atoms with Crippen LogP contribution in [0.4, 0.5) is 4.79 Å². The summed E-state index contributed by atoms with van der Waals surface area (Å²) < 4.78 is 0. The normalized spacial score (nSPS) is 11.5. The molecule has 0 aromatic heterocycles. The van der Waals surface area contributed by atoms with E-state index in [0.29, 0.717) is 12.1 Å². The Bertz CT molecular complexity index is 629. The third kappa shape index (κ3) is 4.09. The fraction of sp³-hybridized carbons (Fsp3) is 0.176. The van der Waals surface area contributed by atoms with Crippen molar-refractivity contribution in [3.8, 4) is 0 Å². The maximum absolute atomic E-state index is 12.6. The average Bonchev–Trinajstić information content (AvgIpc) is 2.53. The lowest BCUT2D eigenvalue weighted by Crippen LogP contribution is -2.45. The standard InChI is InChI=1S/C17H18N2O3/c1-19(12-13-8-4-2-5-9-13)16(20)15(18-17(21)22)14-10-6-3-7-11-14/h2-11,15,18H,12H2,1H3,(H,21,22)/p-1. The van der Waals surface area contributed by atoms with Crippen molar-refractivity contribution in [2.75, 3.05) is 7.05 Å². The molecule has 2 rings (SSSR count). The molecule has 5 heteroatoms. The summed E-state index contributed by atoms with van der Waals surface area (Å²) in [7, 11) is 1.64. The number of nitrogens with zero attached hydrogens (tertiary/aromatic N) is 1.